The van der Waals surface area contributed by atoms with Crippen LogP contribution in [0.1, 0.15) is 11.1 Å². The molecule has 0 aliphatic carbocycles. The Balaban J connectivity index is 0.000000320. The number of benzene rings is 2. The molecule has 0 aliphatic rings. The van der Waals surface area contributed by atoms with Crippen LogP contribution in [0.4, 0.5) is 19.2 Å². The van der Waals surface area contributed by atoms with Crippen LogP contribution in [0, 0.1) is 0 Å². The van der Waals surface area contributed by atoms with Crippen molar-refractivity contribution < 1.29 is 38.9 Å². The van der Waals surface area contributed by atoms with Gasteiger partial charge in [-0.25, -0.2) is 19.2 Å². The van der Waals surface area contributed by atoms with Gasteiger partial charge in [-0.05, 0) is 35.4 Å². The van der Waals surface area contributed by atoms with Gasteiger partial charge in [-0.2, -0.15) is 0 Å². The highest BCUT2D eigenvalue weighted by atomic mass is 35.5. The zero-order valence-corrected chi connectivity index (χ0v) is 17.4. The lowest BCUT2D eigenvalue weighted by atomic mass is 10.2. The minimum absolute atomic E-state index is 0.0192. The summed E-state index contributed by atoms with van der Waals surface area (Å²) in [6.45, 7) is -0.0384. The van der Waals surface area contributed by atoms with Crippen molar-refractivity contribution in [2.45, 2.75) is 13.2 Å². The Bertz CT molecular complexity index is 914. The normalized spacial score (nSPS) is 10.3. The molecule has 0 unspecified atom stereocenters. The molecule has 0 saturated heterocycles. The molecule has 0 radical (unpaired) electrons. The van der Waals surface area contributed by atoms with E-state index in [1.807, 2.05) is 0 Å². The predicted molar refractivity (Wildman–Crippen MR) is 109 cm³/mol. The number of carboxylic acid groups (broad SMARTS) is 2. The molecule has 14 heteroatoms. The molecular weight excluding hydrogens is 471 g/mol. The summed E-state index contributed by atoms with van der Waals surface area (Å²) in [7, 11) is 0. The summed E-state index contributed by atoms with van der Waals surface area (Å²) in [6.07, 6.45) is -5.22. The standard InChI is InChI=1S/2C9H7ClN2O4/c2*10-7-3-1-6(2-4-7)5-16-9(15)12-11-8(13)14/h2*1-4H,5H2,(H,13,14)/b2*12-11+. The van der Waals surface area contributed by atoms with Crippen molar-refractivity contribution in [2.24, 2.45) is 20.5 Å². The van der Waals surface area contributed by atoms with Gasteiger partial charge in [-0.3, -0.25) is 0 Å². The van der Waals surface area contributed by atoms with Gasteiger partial charge < -0.3 is 19.7 Å². The van der Waals surface area contributed by atoms with E-state index in [2.05, 4.69) is 29.9 Å². The lowest BCUT2D eigenvalue weighted by Gasteiger charge is -2.00. The van der Waals surface area contributed by atoms with Crippen molar-refractivity contribution >= 4 is 47.6 Å². The van der Waals surface area contributed by atoms with E-state index in [1.165, 1.54) is 0 Å². The van der Waals surface area contributed by atoms with Crippen LogP contribution >= 0.6 is 23.2 Å². The Morgan fingerprint density at radius 3 is 1.22 bits per heavy atom. The van der Waals surface area contributed by atoms with E-state index in [1.54, 1.807) is 48.5 Å². The number of amides is 4. The third-order valence-electron chi connectivity index (χ3n) is 2.99. The third-order valence-corrected chi connectivity index (χ3v) is 3.49. The van der Waals surface area contributed by atoms with Crippen molar-refractivity contribution in [3.8, 4) is 0 Å². The number of rotatable bonds is 4. The maximum absolute atomic E-state index is 10.8. The molecule has 0 spiro atoms. The lowest BCUT2D eigenvalue weighted by molar-refractivity contribution is 0.147. The Morgan fingerprint density at radius 2 is 0.938 bits per heavy atom. The highest BCUT2D eigenvalue weighted by molar-refractivity contribution is 6.30. The van der Waals surface area contributed by atoms with Crippen LogP contribution in [-0.2, 0) is 22.7 Å². The maximum atomic E-state index is 10.8. The largest absolute Gasteiger partial charge is 0.462 e. The molecule has 12 nitrogen and oxygen atoms in total. The molecule has 168 valence electrons. The van der Waals surface area contributed by atoms with Crippen molar-refractivity contribution in [1.82, 2.24) is 0 Å². The van der Waals surface area contributed by atoms with Crippen molar-refractivity contribution in [3.05, 3.63) is 69.7 Å². The average Bonchev–Trinajstić information content (AvgIpc) is 2.76. The summed E-state index contributed by atoms with van der Waals surface area (Å²) < 4.78 is 9.23. The van der Waals surface area contributed by atoms with Crippen molar-refractivity contribution in [2.75, 3.05) is 0 Å². The maximum Gasteiger partial charge on any atom is 0.452 e. The summed E-state index contributed by atoms with van der Waals surface area (Å²) in [5.74, 6) is 0. The molecule has 0 atom stereocenters. The molecule has 0 bridgehead atoms. The number of hydrogen-bond acceptors (Lipinski definition) is 6. The van der Waals surface area contributed by atoms with Crippen LogP contribution in [-0.4, -0.2) is 34.6 Å². The third kappa shape index (κ3) is 12.6. The highest BCUT2D eigenvalue weighted by Crippen LogP contribution is 2.11. The monoisotopic (exact) mass is 484 g/mol. The number of nitrogens with zero attached hydrogens (tertiary/aromatic N) is 4. The van der Waals surface area contributed by atoms with E-state index < -0.39 is 24.4 Å². The van der Waals surface area contributed by atoms with Crippen LogP contribution in [0.5, 0.6) is 0 Å². The first-order valence-electron chi connectivity index (χ1n) is 8.27. The lowest BCUT2D eigenvalue weighted by Crippen LogP contribution is -1.99. The molecule has 2 N–H and O–H groups in total. The molecule has 2 rings (SSSR count). The van der Waals surface area contributed by atoms with Crippen LogP contribution < -0.4 is 0 Å². The van der Waals surface area contributed by atoms with E-state index in [9.17, 15) is 19.2 Å². The molecule has 2 aromatic rings. The summed E-state index contributed by atoms with van der Waals surface area (Å²) in [5, 5.41) is 28.1. The quantitative estimate of drug-likeness (QED) is 0.480. The van der Waals surface area contributed by atoms with Gasteiger partial charge in [0.1, 0.15) is 13.2 Å². The number of halogens is 2. The minimum atomic E-state index is -1.55. The molecule has 0 aliphatic heterocycles. The molecule has 4 amide bonds. The Morgan fingerprint density at radius 1 is 0.625 bits per heavy atom. The van der Waals surface area contributed by atoms with E-state index >= 15 is 0 Å². The van der Waals surface area contributed by atoms with Crippen molar-refractivity contribution in [3.63, 3.8) is 0 Å². The van der Waals surface area contributed by atoms with E-state index in [0.29, 0.717) is 21.2 Å². The van der Waals surface area contributed by atoms with Gasteiger partial charge >= 0.3 is 24.4 Å². The number of hydrogen-bond donors (Lipinski definition) is 2. The number of carbonyl (C=O) groups is 4. The Hall–Kier alpha value is -3.90. The SMILES string of the molecule is O=C(O)/N=N/C(=O)OCc1ccc(Cl)cc1.O=C(O)/N=N/C(=O)OCc1ccc(Cl)cc1. The van der Waals surface area contributed by atoms with Gasteiger partial charge in [-0.15, -0.1) is 0 Å². The molecule has 2 aromatic carbocycles. The summed E-state index contributed by atoms with van der Waals surface area (Å²) in [6, 6.07) is 13.3. The highest BCUT2D eigenvalue weighted by Gasteiger charge is 2.03. The van der Waals surface area contributed by atoms with Crippen LogP contribution in [0.3, 0.4) is 0 Å². The number of azo groups is 2. The second kappa shape index (κ2) is 14.2. The van der Waals surface area contributed by atoms with Gasteiger partial charge in [0.25, 0.3) is 0 Å². The molecule has 0 saturated carbocycles. The fraction of sp³-hybridized carbons (Fsp3) is 0.111. The number of ether oxygens (including phenoxy) is 2. The molecule has 0 heterocycles. The van der Waals surface area contributed by atoms with E-state index in [-0.39, 0.29) is 13.2 Å². The molecule has 0 fully saturated rings. The predicted octanol–water partition coefficient (Wildman–Crippen LogP) is 6.21. The van der Waals surface area contributed by atoms with Crippen LogP contribution in [0.15, 0.2) is 69.0 Å². The average molecular weight is 485 g/mol. The van der Waals surface area contributed by atoms with Gasteiger partial charge in [-0.1, -0.05) is 67.9 Å². The summed E-state index contributed by atoms with van der Waals surface area (Å²) in [5.41, 5.74) is 1.42. The molecule has 32 heavy (non-hydrogen) atoms. The Kier molecular flexibility index (Phi) is 11.6. The molecular formula is C18H14Cl2N4O8. The summed E-state index contributed by atoms with van der Waals surface area (Å²) >= 11 is 11.3. The smallest absolute Gasteiger partial charge is 0.452 e. The van der Waals surface area contributed by atoms with Crippen molar-refractivity contribution in [1.29, 1.82) is 0 Å². The first-order chi connectivity index (χ1) is 15.2. The fourth-order valence-electron chi connectivity index (χ4n) is 1.68. The minimum Gasteiger partial charge on any atom is -0.462 e. The summed E-state index contributed by atoms with van der Waals surface area (Å²) in [4.78, 5) is 41.5. The Labute approximate surface area is 190 Å². The fourth-order valence-corrected chi connectivity index (χ4v) is 1.93. The first-order valence-corrected chi connectivity index (χ1v) is 9.03. The van der Waals surface area contributed by atoms with Crippen LogP contribution in [0.25, 0.3) is 0 Å². The topological polar surface area (TPSA) is 177 Å². The van der Waals surface area contributed by atoms with Gasteiger partial charge in [0.05, 0.1) is 0 Å². The first kappa shape index (κ1) is 26.1. The van der Waals surface area contributed by atoms with Crippen LogP contribution in [0.2, 0.25) is 10.0 Å². The second-order valence-electron chi connectivity index (χ2n) is 5.33. The second-order valence-corrected chi connectivity index (χ2v) is 6.20. The van der Waals surface area contributed by atoms with Gasteiger partial charge in [0, 0.05) is 10.0 Å². The van der Waals surface area contributed by atoms with Gasteiger partial charge in [0.15, 0.2) is 0 Å². The number of carbonyl (C=O) groups excluding carboxylic acids is 2. The van der Waals surface area contributed by atoms with E-state index in [0.717, 1.165) is 0 Å². The zero-order chi connectivity index (χ0) is 23.9. The zero-order valence-electron chi connectivity index (χ0n) is 15.9. The van der Waals surface area contributed by atoms with Gasteiger partial charge in [0.2, 0.25) is 0 Å². The molecule has 0 aromatic heterocycles. The van der Waals surface area contributed by atoms with E-state index in [4.69, 9.17) is 33.4 Å².